The number of nitrogens with zero attached hydrogens (tertiary/aromatic N) is 5. The molecular formula is C36H37N5O6. The highest BCUT2D eigenvalue weighted by atomic mass is 16.6. The smallest absolute Gasteiger partial charge is 0.410 e. The number of pyridine rings is 1. The third-order valence-electron chi connectivity index (χ3n) is 7.73. The topological polar surface area (TPSA) is 108 Å². The highest BCUT2D eigenvalue weighted by Gasteiger charge is 2.31. The van der Waals surface area contributed by atoms with Crippen molar-refractivity contribution in [2.24, 2.45) is 7.05 Å². The fraction of sp³-hybridized carbons (Fsp3) is 0.278. The summed E-state index contributed by atoms with van der Waals surface area (Å²) in [6, 6.07) is 28.4. The molecule has 3 aromatic carbocycles. The molecule has 0 N–H and O–H groups in total. The number of anilines is 1. The summed E-state index contributed by atoms with van der Waals surface area (Å²) in [6.45, 7) is 6.46. The van der Waals surface area contributed by atoms with E-state index in [-0.39, 0.29) is 30.6 Å². The van der Waals surface area contributed by atoms with E-state index < -0.39 is 11.7 Å². The van der Waals surface area contributed by atoms with Crippen LogP contribution < -0.4 is 20.1 Å². The fourth-order valence-corrected chi connectivity index (χ4v) is 5.39. The molecule has 5 aromatic rings. The lowest BCUT2D eigenvalue weighted by Crippen LogP contribution is -2.53. The van der Waals surface area contributed by atoms with Crippen LogP contribution in [0, 0.1) is 0 Å². The highest BCUT2D eigenvalue weighted by molar-refractivity contribution is 5.99. The van der Waals surface area contributed by atoms with Gasteiger partial charge in [0.05, 0.1) is 11.0 Å². The third-order valence-corrected chi connectivity index (χ3v) is 7.73. The Morgan fingerprint density at radius 2 is 1.47 bits per heavy atom. The van der Waals surface area contributed by atoms with E-state index in [1.807, 2.05) is 66.7 Å². The molecule has 0 bridgehead atoms. The normalized spacial score (nSPS) is 13.6. The van der Waals surface area contributed by atoms with E-state index in [4.69, 9.17) is 14.2 Å². The Labute approximate surface area is 272 Å². The maximum Gasteiger partial charge on any atom is 0.410 e. The van der Waals surface area contributed by atoms with Gasteiger partial charge in [-0.3, -0.25) is 18.8 Å². The molecule has 47 heavy (non-hydrogen) atoms. The zero-order valence-electron chi connectivity index (χ0n) is 26.9. The Balaban J connectivity index is 1.30. The third kappa shape index (κ3) is 6.99. The van der Waals surface area contributed by atoms with Gasteiger partial charge in [0, 0.05) is 31.9 Å². The quantitative estimate of drug-likeness (QED) is 0.223. The lowest BCUT2D eigenvalue weighted by molar-refractivity contribution is -0.121. The summed E-state index contributed by atoms with van der Waals surface area (Å²) in [5.74, 6) is 0.365. The van der Waals surface area contributed by atoms with Gasteiger partial charge in [0.2, 0.25) is 17.7 Å². The van der Waals surface area contributed by atoms with Crippen molar-refractivity contribution in [2.75, 3.05) is 24.5 Å². The van der Waals surface area contributed by atoms with E-state index in [0.717, 1.165) is 11.1 Å². The van der Waals surface area contributed by atoms with Crippen LogP contribution in [0.3, 0.4) is 0 Å². The molecular weight excluding hydrogens is 598 g/mol. The molecule has 1 saturated heterocycles. The van der Waals surface area contributed by atoms with Crippen LogP contribution in [0.25, 0.3) is 16.7 Å². The standard InChI is InChI=1S/C36H37N5O6/c1-36(2,3)47-35(44)39-19-20-40(32(42)22-39)27-15-16-28-30(21-27)38(4)34(43)41(28)29-17-18-31(45-23-25-11-7-5-8-12-25)37-33(29)46-24-26-13-9-6-10-14-26/h5-18,21H,19-20,22-24H2,1-4H3. The molecule has 1 aliphatic rings. The first kappa shape index (κ1) is 31.4. The molecule has 3 heterocycles. The molecule has 0 spiro atoms. The molecule has 242 valence electrons. The minimum atomic E-state index is -0.655. The molecule has 0 radical (unpaired) electrons. The Morgan fingerprint density at radius 1 is 0.809 bits per heavy atom. The molecule has 1 fully saturated rings. The molecule has 1 aliphatic heterocycles. The number of carbonyl (C=O) groups excluding carboxylic acids is 2. The second-order valence-corrected chi connectivity index (χ2v) is 12.3. The van der Waals surface area contributed by atoms with Crippen molar-refractivity contribution in [1.82, 2.24) is 19.0 Å². The fourth-order valence-electron chi connectivity index (χ4n) is 5.39. The van der Waals surface area contributed by atoms with E-state index in [1.165, 1.54) is 9.47 Å². The number of fused-ring (bicyclic) bond motifs is 1. The number of rotatable bonds is 8. The number of imidazole rings is 1. The Bertz CT molecular complexity index is 1960. The second kappa shape index (κ2) is 13.0. The van der Waals surface area contributed by atoms with Gasteiger partial charge >= 0.3 is 11.8 Å². The predicted molar refractivity (Wildman–Crippen MR) is 178 cm³/mol. The molecule has 2 aromatic heterocycles. The summed E-state index contributed by atoms with van der Waals surface area (Å²) < 4.78 is 20.7. The van der Waals surface area contributed by atoms with Crippen molar-refractivity contribution >= 4 is 28.7 Å². The zero-order valence-corrected chi connectivity index (χ0v) is 26.9. The first-order valence-electron chi connectivity index (χ1n) is 15.4. The van der Waals surface area contributed by atoms with Gasteiger partial charge < -0.3 is 19.1 Å². The summed E-state index contributed by atoms with van der Waals surface area (Å²) in [5, 5.41) is 0. The van der Waals surface area contributed by atoms with E-state index in [2.05, 4.69) is 4.98 Å². The Kier molecular flexibility index (Phi) is 8.71. The lowest BCUT2D eigenvalue weighted by Gasteiger charge is -2.35. The average Bonchev–Trinajstić information content (AvgIpc) is 3.31. The Morgan fingerprint density at radius 3 is 2.11 bits per heavy atom. The average molecular weight is 636 g/mol. The van der Waals surface area contributed by atoms with E-state index in [1.54, 1.807) is 61.6 Å². The number of ether oxygens (including phenoxy) is 3. The van der Waals surface area contributed by atoms with Gasteiger partial charge in [-0.05, 0) is 56.2 Å². The van der Waals surface area contributed by atoms with Crippen molar-refractivity contribution in [3.8, 4) is 17.4 Å². The number of hydrogen-bond donors (Lipinski definition) is 0. The number of aromatic nitrogens is 3. The van der Waals surface area contributed by atoms with Crippen LogP contribution in [-0.2, 0) is 29.8 Å². The van der Waals surface area contributed by atoms with E-state index >= 15 is 0 Å². The monoisotopic (exact) mass is 635 g/mol. The lowest BCUT2D eigenvalue weighted by atomic mass is 10.2. The number of amides is 2. The van der Waals surface area contributed by atoms with Gasteiger partial charge in [0.15, 0.2) is 0 Å². The summed E-state index contributed by atoms with van der Waals surface area (Å²) >= 11 is 0. The first-order valence-corrected chi connectivity index (χ1v) is 15.4. The van der Waals surface area contributed by atoms with E-state index in [0.29, 0.717) is 48.0 Å². The summed E-state index contributed by atoms with van der Waals surface area (Å²) in [6.07, 6.45) is -0.518. The minimum Gasteiger partial charge on any atom is -0.473 e. The van der Waals surface area contributed by atoms with Crippen LogP contribution in [0.2, 0.25) is 0 Å². The van der Waals surface area contributed by atoms with Crippen LogP contribution >= 0.6 is 0 Å². The number of carbonyl (C=O) groups is 2. The molecule has 2 amide bonds. The predicted octanol–water partition coefficient (Wildman–Crippen LogP) is 5.47. The number of piperazine rings is 1. The molecule has 0 atom stereocenters. The SMILES string of the molecule is Cn1c(=O)n(-c2ccc(OCc3ccccc3)nc2OCc2ccccc2)c2ccc(N3CCN(C(=O)OC(C)(C)C)CC3=O)cc21. The zero-order chi connectivity index (χ0) is 33.1. The second-order valence-electron chi connectivity index (χ2n) is 12.3. The van der Waals surface area contributed by atoms with Crippen molar-refractivity contribution in [3.05, 3.63) is 113 Å². The van der Waals surface area contributed by atoms with Gasteiger partial charge in [0.1, 0.15) is 31.0 Å². The van der Waals surface area contributed by atoms with Crippen LogP contribution in [0.4, 0.5) is 10.5 Å². The number of benzene rings is 3. The number of aryl methyl sites for hydroxylation is 1. The van der Waals surface area contributed by atoms with Crippen LogP contribution in [-0.4, -0.2) is 56.3 Å². The summed E-state index contributed by atoms with van der Waals surface area (Å²) in [5.41, 5.74) is 3.30. The van der Waals surface area contributed by atoms with Crippen molar-refractivity contribution in [3.63, 3.8) is 0 Å². The van der Waals surface area contributed by atoms with Gasteiger partial charge in [-0.2, -0.15) is 4.98 Å². The largest absolute Gasteiger partial charge is 0.473 e. The molecule has 0 aliphatic carbocycles. The maximum atomic E-state index is 13.8. The van der Waals surface area contributed by atoms with Crippen molar-refractivity contribution < 1.29 is 23.8 Å². The first-order chi connectivity index (χ1) is 22.6. The van der Waals surface area contributed by atoms with Gasteiger partial charge in [-0.15, -0.1) is 0 Å². The Hall–Kier alpha value is -5.58. The summed E-state index contributed by atoms with van der Waals surface area (Å²) in [7, 11) is 1.68. The van der Waals surface area contributed by atoms with Gasteiger partial charge in [0.25, 0.3) is 0 Å². The van der Waals surface area contributed by atoms with Gasteiger partial charge in [-0.25, -0.2) is 9.59 Å². The minimum absolute atomic E-state index is 0.0978. The van der Waals surface area contributed by atoms with E-state index in [9.17, 15) is 14.4 Å². The van der Waals surface area contributed by atoms with Crippen LogP contribution in [0.5, 0.6) is 11.8 Å². The molecule has 0 saturated carbocycles. The molecule has 0 unspecified atom stereocenters. The maximum absolute atomic E-state index is 13.8. The van der Waals surface area contributed by atoms with Crippen molar-refractivity contribution in [2.45, 2.75) is 39.6 Å². The van der Waals surface area contributed by atoms with Crippen LogP contribution in [0.15, 0.2) is 95.8 Å². The molecule has 11 heteroatoms. The van der Waals surface area contributed by atoms with Crippen LogP contribution in [0.1, 0.15) is 31.9 Å². The number of hydrogen-bond acceptors (Lipinski definition) is 7. The molecule has 11 nitrogen and oxygen atoms in total. The highest BCUT2D eigenvalue weighted by Crippen LogP contribution is 2.30. The van der Waals surface area contributed by atoms with Gasteiger partial charge in [-0.1, -0.05) is 60.7 Å². The van der Waals surface area contributed by atoms with Crippen molar-refractivity contribution in [1.29, 1.82) is 0 Å². The molecule has 6 rings (SSSR count). The summed E-state index contributed by atoms with van der Waals surface area (Å²) in [4.78, 5) is 47.2.